The third-order valence-corrected chi connectivity index (χ3v) is 5.41. The molecule has 4 aromatic rings. The quantitative estimate of drug-likeness (QED) is 0.534. The Balaban J connectivity index is 1.40. The first-order valence-electron chi connectivity index (χ1n) is 9.34. The van der Waals surface area contributed by atoms with Crippen LogP contribution in [0.25, 0.3) is 21.7 Å². The average Bonchev–Trinajstić information content (AvgIpc) is 3.25. The van der Waals surface area contributed by atoms with Crippen LogP contribution >= 0.6 is 0 Å². The molecule has 1 atom stereocenters. The summed E-state index contributed by atoms with van der Waals surface area (Å²) in [6.45, 7) is 0.274. The van der Waals surface area contributed by atoms with E-state index in [1.165, 1.54) is 4.90 Å². The molecule has 0 aliphatic carbocycles. The zero-order chi connectivity index (χ0) is 19.1. The highest BCUT2D eigenvalue weighted by atomic mass is 16.2. The van der Waals surface area contributed by atoms with E-state index in [2.05, 4.69) is 10.3 Å². The van der Waals surface area contributed by atoms with Crippen molar-refractivity contribution in [1.29, 1.82) is 0 Å². The van der Waals surface area contributed by atoms with Gasteiger partial charge >= 0.3 is 6.03 Å². The summed E-state index contributed by atoms with van der Waals surface area (Å²) < 4.78 is 0. The molecule has 1 aliphatic heterocycles. The molecular weight excluding hydrogens is 350 g/mol. The van der Waals surface area contributed by atoms with Crippen molar-refractivity contribution < 1.29 is 9.59 Å². The number of nitrogens with zero attached hydrogens (tertiary/aromatic N) is 1. The average molecular weight is 369 g/mol. The molecule has 0 spiro atoms. The number of amides is 3. The zero-order valence-electron chi connectivity index (χ0n) is 15.2. The predicted molar refractivity (Wildman–Crippen MR) is 109 cm³/mol. The Morgan fingerprint density at radius 1 is 0.821 bits per heavy atom. The molecule has 5 rings (SSSR count). The zero-order valence-corrected chi connectivity index (χ0v) is 15.2. The summed E-state index contributed by atoms with van der Waals surface area (Å²) in [6.07, 6.45) is 2.39. The van der Waals surface area contributed by atoms with E-state index in [0.717, 1.165) is 32.8 Å². The van der Waals surface area contributed by atoms with Gasteiger partial charge in [-0.15, -0.1) is 0 Å². The van der Waals surface area contributed by atoms with Gasteiger partial charge < -0.3 is 10.3 Å². The third-order valence-electron chi connectivity index (χ3n) is 5.41. The molecule has 0 bridgehead atoms. The summed E-state index contributed by atoms with van der Waals surface area (Å²) in [5, 5.41) is 6.09. The Hall–Kier alpha value is -3.60. The van der Waals surface area contributed by atoms with Gasteiger partial charge in [-0.05, 0) is 28.0 Å². The topological polar surface area (TPSA) is 65.2 Å². The van der Waals surface area contributed by atoms with Crippen molar-refractivity contribution in [2.24, 2.45) is 0 Å². The number of benzene rings is 3. The largest absolute Gasteiger partial charge is 0.361 e. The van der Waals surface area contributed by atoms with Gasteiger partial charge in [0.05, 0.1) is 6.54 Å². The van der Waals surface area contributed by atoms with E-state index in [-0.39, 0.29) is 18.5 Å². The number of urea groups is 1. The number of aromatic amines is 1. The minimum Gasteiger partial charge on any atom is -0.361 e. The number of aromatic nitrogens is 1. The molecule has 0 saturated carbocycles. The van der Waals surface area contributed by atoms with E-state index in [4.69, 9.17) is 0 Å². The Kier molecular flexibility index (Phi) is 3.86. The van der Waals surface area contributed by atoms with E-state index in [1.807, 2.05) is 72.9 Å². The van der Waals surface area contributed by atoms with E-state index in [9.17, 15) is 9.59 Å². The number of para-hydroxylation sites is 1. The minimum atomic E-state index is -0.540. The van der Waals surface area contributed by atoms with E-state index < -0.39 is 6.04 Å². The van der Waals surface area contributed by atoms with Gasteiger partial charge in [-0.3, -0.25) is 9.69 Å². The fourth-order valence-corrected chi connectivity index (χ4v) is 3.99. The fraction of sp³-hybridized carbons (Fsp3) is 0.130. The van der Waals surface area contributed by atoms with Crippen LogP contribution in [-0.4, -0.2) is 27.9 Å². The smallest absolute Gasteiger partial charge is 0.325 e. The summed E-state index contributed by atoms with van der Waals surface area (Å²) in [6, 6.07) is 21.1. The van der Waals surface area contributed by atoms with Crippen LogP contribution < -0.4 is 5.32 Å². The third kappa shape index (κ3) is 2.72. The number of carbonyl (C=O) groups excluding carboxylic acids is 2. The number of carbonyl (C=O) groups is 2. The molecule has 0 radical (unpaired) electrons. The molecule has 5 nitrogen and oxygen atoms in total. The van der Waals surface area contributed by atoms with Crippen LogP contribution in [0.2, 0.25) is 0 Å². The SMILES string of the molecule is O=C1N[C@@H](Cc2c[nH]c3ccccc23)C(=O)N1Cc1cccc2ccccc12. The highest BCUT2D eigenvalue weighted by Gasteiger charge is 2.38. The Morgan fingerprint density at radius 3 is 2.46 bits per heavy atom. The highest BCUT2D eigenvalue weighted by molar-refractivity contribution is 6.04. The molecule has 138 valence electrons. The van der Waals surface area contributed by atoms with Crippen LogP contribution in [0.5, 0.6) is 0 Å². The molecule has 28 heavy (non-hydrogen) atoms. The van der Waals surface area contributed by atoms with Gasteiger partial charge in [-0.25, -0.2) is 4.79 Å². The first-order chi connectivity index (χ1) is 13.7. The van der Waals surface area contributed by atoms with Gasteiger partial charge in [0, 0.05) is 23.5 Å². The van der Waals surface area contributed by atoms with Crippen molar-refractivity contribution in [1.82, 2.24) is 15.2 Å². The van der Waals surface area contributed by atoms with Crippen molar-refractivity contribution >= 4 is 33.6 Å². The number of H-pyrrole nitrogens is 1. The molecule has 2 heterocycles. The Morgan fingerprint density at radius 2 is 1.57 bits per heavy atom. The summed E-state index contributed by atoms with van der Waals surface area (Å²) >= 11 is 0. The second-order valence-electron chi connectivity index (χ2n) is 7.13. The molecule has 0 unspecified atom stereocenters. The number of fused-ring (bicyclic) bond motifs is 2. The summed E-state index contributed by atoms with van der Waals surface area (Å²) in [7, 11) is 0. The lowest BCUT2D eigenvalue weighted by atomic mass is 10.0. The Bertz CT molecular complexity index is 1210. The summed E-state index contributed by atoms with van der Waals surface area (Å²) in [5.74, 6) is -0.178. The van der Waals surface area contributed by atoms with Crippen LogP contribution in [0.3, 0.4) is 0 Å². The second-order valence-corrected chi connectivity index (χ2v) is 7.13. The number of nitrogens with one attached hydrogen (secondary N) is 2. The van der Waals surface area contributed by atoms with E-state index in [0.29, 0.717) is 6.42 Å². The van der Waals surface area contributed by atoms with Crippen LogP contribution in [0, 0.1) is 0 Å². The van der Waals surface area contributed by atoms with Crippen LogP contribution in [0.4, 0.5) is 4.79 Å². The van der Waals surface area contributed by atoms with Crippen molar-refractivity contribution in [3.8, 4) is 0 Å². The van der Waals surface area contributed by atoms with Crippen LogP contribution in [-0.2, 0) is 17.8 Å². The normalized spacial score (nSPS) is 16.9. The fourth-order valence-electron chi connectivity index (χ4n) is 3.99. The van der Waals surface area contributed by atoms with Gasteiger partial charge in [-0.1, -0.05) is 60.7 Å². The monoisotopic (exact) mass is 369 g/mol. The molecule has 3 amide bonds. The number of hydrogen-bond donors (Lipinski definition) is 2. The van der Waals surface area contributed by atoms with Crippen molar-refractivity contribution in [2.45, 2.75) is 19.0 Å². The maximum atomic E-state index is 13.0. The van der Waals surface area contributed by atoms with Gasteiger partial charge in [-0.2, -0.15) is 0 Å². The highest BCUT2D eigenvalue weighted by Crippen LogP contribution is 2.24. The first kappa shape index (κ1) is 16.6. The lowest BCUT2D eigenvalue weighted by Gasteiger charge is -2.15. The van der Waals surface area contributed by atoms with E-state index >= 15 is 0 Å². The lowest BCUT2D eigenvalue weighted by molar-refractivity contribution is -0.127. The first-order valence-corrected chi connectivity index (χ1v) is 9.34. The van der Waals surface area contributed by atoms with Crippen molar-refractivity contribution in [3.05, 3.63) is 84.1 Å². The van der Waals surface area contributed by atoms with Gasteiger partial charge in [0.1, 0.15) is 6.04 Å². The van der Waals surface area contributed by atoms with Gasteiger partial charge in [0.25, 0.3) is 5.91 Å². The Labute approximate surface area is 162 Å². The summed E-state index contributed by atoms with van der Waals surface area (Å²) in [4.78, 5) is 30.0. The maximum absolute atomic E-state index is 13.0. The molecule has 1 aliphatic rings. The number of hydrogen-bond acceptors (Lipinski definition) is 2. The second kappa shape index (κ2) is 6.53. The molecule has 1 fully saturated rings. The molecule has 3 aromatic carbocycles. The van der Waals surface area contributed by atoms with E-state index in [1.54, 1.807) is 0 Å². The lowest BCUT2D eigenvalue weighted by Crippen LogP contribution is -2.32. The molecule has 1 saturated heterocycles. The molecular formula is C23H19N3O2. The predicted octanol–water partition coefficient (Wildman–Crippen LogP) is 3.98. The maximum Gasteiger partial charge on any atom is 0.325 e. The van der Waals surface area contributed by atoms with Gasteiger partial charge in [0.15, 0.2) is 0 Å². The van der Waals surface area contributed by atoms with Crippen LogP contribution in [0.1, 0.15) is 11.1 Å². The number of imide groups is 1. The molecule has 5 heteroatoms. The van der Waals surface area contributed by atoms with Crippen molar-refractivity contribution in [3.63, 3.8) is 0 Å². The molecule has 1 aromatic heterocycles. The van der Waals surface area contributed by atoms with Crippen LogP contribution in [0.15, 0.2) is 72.9 Å². The number of rotatable bonds is 4. The van der Waals surface area contributed by atoms with Crippen molar-refractivity contribution in [2.75, 3.05) is 0 Å². The van der Waals surface area contributed by atoms with Gasteiger partial charge in [0.2, 0.25) is 0 Å². The standard InChI is InChI=1S/C23H19N3O2/c27-22-21(12-17-13-24-20-11-4-3-10-19(17)20)25-23(28)26(22)14-16-8-5-7-15-6-1-2-9-18(15)16/h1-11,13,21,24H,12,14H2,(H,25,28)/t21-/m0/s1. The minimum absolute atomic E-state index is 0.178. The molecule has 2 N–H and O–H groups in total. The summed E-state index contributed by atoms with van der Waals surface area (Å²) in [5.41, 5.74) is 3.03.